The summed E-state index contributed by atoms with van der Waals surface area (Å²) in [5, 5.41) is 4.45. The molecule has 0 amide bonds. The molecule has 0 saturated carbocycles. The quantitative estimate of drug-likeness (QED) is 0.734. The minimum Gasteiger partial charge on any atom is -0.372 e. The Kier molecular flexibility index (Phi) is 6.52. The third-order valence-electron chi connectivity index (χ3n) is 2.58. The Bertz CT molecular complexity index is 404. The first-order valence-electron chi connectivity index (χ1n) is 6.17. The second-order valence-corrected chi connectivity index (χ2v) is 4.73. The van der Waals surface area contributed by atoms with Gasteiger partial charge >= 0.3 is 0 Å². The predicted molar refractivity (Wildman–Crippen MR) is 73.6 cm³/mol. The molecule has 0 aliphatic rings. The van der Waals surface area contributed by atoms with E-state index in [4.69, 9.17) is 10.5 Å². The van der Waals surface area contributed by atoms with Crippen LogP contribution in [0.5, 0.6) is 0 Å². The van der Waals surface area contributed by atoms with E-state index in [0.717, 1.165) is 28.8 Å². The molecule has 1 rings (SSSR count). The molecule has 5 nitrogen and oxygen atoms in total. The second-order valence-electron chi connectivity index (χ2n) is 3.93. The zero-order chi connectivity index (χ0) is 13.5. The third kappa shape index (κ3) is 3.90. The highest BCUT2D eigenvalue weighted by Gasteiger charge is 2.16. The molecule has 1 aromatic rings. The number of ketones is 1. The van der Waals surface area contributed by atoms with Crippen molar-refractivity contribution in [2.24, 2.45) is 5.73 Å². The summed E-state index contributed by atoms with van der Waals surface area (Å²) >= 11 is 3.52. The van der Waals surface area contributed by atoms with Crippen LogP contribution in [-0.2, 0) is 28.9 Å². The molecule has 2 N–H and O–H groups in total. The van der Waals surface area contributed by atoms with Crippen molar-refractivity contribution in [2.75, 3.05) is 19.8 Å². The molecule has 1 aromatic heterocycles. The maximum absolute atomic E-state index is 11.8. The van der Waals surface area contributed by atoms with E-state index in [9.17, 15) is 4.79 Å². The number of hydrogen-bond acceptors (Lipinski definition) is 4. The number of carbonyl (C=O) groups is 1. The SMILES string of the molecule is CCc1nn(CC)c(CC(=O)COCCN)c1Br. The number of hydrogen-bond donors (Lipinski definition) is 1. The fourth-order valence-electron chi connectivity index (χ4n) is 1.69. The molecule has 0 spiro atoms. The Hall–Kier alpha value is -0.720. The largest absolute Gasteiger partial charge is 0.372 e. The van der Waals surface area contributed by atoms with Crippen molar-refractivity contribution in [1.29, 1.82) is 0 Å². The average molecular weight is 318 g/mol. The molecule has 102 valence electrons. The zero-order valence-electron chi connectivity index (χ0n) is 10.9. The van der Waals surface area contributed by atoms with E-state index < -0.39 is 0 Å². The van der Waals surface area contributed by atoms with E-state index in [2.05, 4.69) is 21.0 Å². The van der Waals surface area contributed by atoms with Crippen molar-refractivity contribution in [2.45, 2.75) is 33.2 Å². The number of nitrogens with two attached hydrogens (primary N) is 1. The topological polar surface area (TPSA) is 70.1 Å². The summed E-state index contributed by atoms with van der Waals surface area (Å²) in [6.45, 7) is 5.77. The number of aromatic nitrogens is 2. The number of carbonyl (C=O) groups excluding carboxylic acids is 1. The maximum Gasteiger partial charge on any atom is 0.164 e. The van der Waals surface area contributed by atoms with Crippen LogP contribution in [-0.4, -0.2) is 35.3 Å². The summed E-state index contributed by atoms with van der Waals surface area (Å²) in [5.74, 6) is 0.0430. The van der Waals surface area contributed by atoms with Crippen molar-refractivity contribution < 1.29 is 9.53 Å². The van der Waals surface area contributed by atoms with Gasteiger partial charge in [0.05, 0.1) is 28.9 Å². The number of rotatable bonds is 8. The van der Waals surface area contributed by atoms with E-state index in [1.165, 1.54) is 0 Å². The molecule has 0 aliphatic heterocycles. The Morgan fingerprint density at radius 2 is 2.22 bits per heavy atom. The predicted octanol–water partition coefficient (Wildman–Crippen LogP) is 1.31. The van der Waals surface area contributed by atoms with Crippen LogP contribution in [0, 0.1) is 0 Å². The summed E-state index contributed by atoms with van der Waals surface area (Å²) in [6.07, 6.45) is 1.18. The molecular weight excluding hydrogens is 298 g/mol. The van der Waals surface area contributed by atoms with Gasteiger partial charge in [-0.25, -0.2) is 0 Å². The number of nitrogens with zero attached hydrogens (tertiary/aromatic N) is 2. The normalized spacial score (nSPS) is 10.9. The highest BCUT2D eigenvalue weighted by atomic mass is 79.9. The fourth-order valence-corrected chi connectivity index (χ4v) is 2.40. The van der Waals surface area contributed by atoms with Gasteiger partial charge in [0.15, 0.2) is 5.78 Å². The van der Waals surface area contributed by atoms with Gasteiger partial charge in [-0.15, -0.1) is 0 Å². The van der Waals surface area contributed by atoms with Crippen LogP contribution < -0.4 is 5.73 Å². The van der Waals surface area contributed by atoms with Crippen LogP contribution in [0.4, 0.5) is 0 Å². The third-order valence-corrected chi connectivity index (χ3v) is 3.50. The Morgan fingerprint density at radius 3 is 2.78 bits per heavy atom. The minimum atomic E-state index is 0.0430. The second kappa shape index (κ2) is 7.66. The van der Waals surface area contributed by atoms with Gasteiger partial charge in [-0.2, -0.15) is 5.10 Å². The van der Waals surface area contributed by atoms with E-state index in [1.807, 2.05) is 18.5 Å². The summed E-state index contributed by atoms with van der Waals surface area (Å²) in [4.78, 5) is 11.8. The van der Waals surface area contributed by atoms with Gasteiger partial charge in [0, 0.05) is 13.1 Å². The Balaban J connectivity index is 2.70. The number of Topliss-reactive ketones (excluding diaryl/α,β-unsaturated/α-hetero) is 1. The minimum absolute atomic E-state index is 0.0430. The molecule has 0 unspecified atom stereocenters. The van der Waals surface area contributed by atoms with Crippen LogP contribution in [0.2, 0.25) is 0 Å². The van der Waals surface area contributed by atoms with Gasteiger partial charge in [0.1, 0.15) is 6.61 Å². The molecule has 1 heterocycles. The molecule has 18 heavy (non-hydrogen) atoms. The molecular formula is C12H20BrN3O2. The van der Waals surface area contributed by atoms with Gasteiger partial charge in [-0.1, -0.05) is 6.92 Å². The summed E-state index contributed by atoms with van der Waals surface area (Å²) in [6, 6.07) is 0. The Morgan fingerprint density at radius 1 is 1.50 bits per heavy atom. The van der Waals surface area contributed by atoms with Crippen LogP contribution in [0.3, 0.4) is 0 Å². The Labute approximate surface area is 116 Å². The fraction of sp³-hybridized carbons (Fsp3) is 0.667. The molecule has 0 aromatic carbocycles. The molecule has 0 bridgehead atoms. The van der Waals surface area contributed by atoms with Crippen LogP contribution in [0.15, 0.2) is 4.47 Å². The van der Waals surface area contributed by atoms with E-state index in [-0.39, 0.29) is 12.4 Å². The van der Waals surface area contributed by atoms with E-state index >= 15 is 0 Å². The van der Waals surface area contributed by atoms with Crippen molar-refractivity contribution in [3.63, 3.8) is 0 Å². The van der Waals surface area contributed by atoms with Crippen LogP contribution in [0.1, 0.15) is 25.2 Å². The van der Waals surface area contributed by atoms with Gasteiger partial charge in [0.25, 0.3) is 0 Å². The lowest BCUT2D eigenvalue weighted by Crippen LogP contribution is -2.17. The highest BCUT2D eigenvalue weighted by Crippen LogP contribution is 2.22. The number of ether oxygens (including phenoxy) is 1. The zero-order valence-corrected chi connectivity index (χ0v) is 12.5. The van der Waals surface area contributed by atoms with Crippen LogP contribution >= 0.6 is 15.9 Å². The first kappa shape index (κ1) is 15.3. The highest BCUT2D eigenvalue weighted by molar-refractivity contribution is 9.10. The first-order chi connectivity index (χ1) is 8.63. The lowest BCUT2D eigenvalue weighted by Gasteiger charge is -2.05. The standard InChI is InChI=1S/C12H20BrN3O2/c1-3-10-12(13)11(16(4-2)15-10)7-9(17)8-18-6-5-14/h3-8,14H2,1-2H3. The van der Waals surface area contributed by atoms with E-state index in [0.29, 0.717) is 19.6 Å². The lowest BCUT2D eigenvalue weighted by atomic mass is 10.2. The molecule has 0 atom stereocenters. The van der Waals surface area contributed by atoms with Crippen molar-refractivity contribution in [3.8, 4) is 0 Å². The maximum atomic E-state index is 11.8. The molecule has 0 fully saturated rings. The van der Waals surface area contributed by atoms with E-state index in [1.54, 1.807) is 0 Å². The average Bonchev–Trinajstić information content (AvgIpc) is 2.66. The molecule has 0 aliphatic carbocycles. The summed E-state index contributed by atoms with van der Waals surface area (Å²) in [5.41, 5.74) is 7.22. The summed E-state index contributed by atoms with van der Waals surface area (Å²) in [7, 11) is 0. The monoisotopic (exact) mass is 317 g/mol. The van der Waals surface area contributed by atoms with Crippen LogP contribution in [0.25, 0.3) is 0 Å². The number of aryl methyl sites for hydroxylation is 2. The van der Waals surface area contributed by atoms with Gasteiger partial charge < -0.3 is 10.5 Å². The first-order valence-corrected chi connectivity index (χ1v) is 6.96. The smallest absolute Gasteiger partial charge is 0.164 e. The van der Waals surface area contributed by atoms with Gasteiger partial charge in [-0.3, -0.25) is 9.48 Å². The van der Waals surface area contributed by atoms with Crippen molar-refractivity contribution in [3.05, 3.63) is 15.9 Å². The summed E-state index contributed by atoms with van der Waals surface area (Å²) < 4.78 is 7.95. The lowest BCUT2D eigenvalue weighted by molar-refractivity contribution is -0.122. The number of halogens is 1. The van der Waals surface area contributed by atoms with Crippen molar-refractivity contribution >= 4 is 21.7 Å². The molecule has 6 heteroatoms. The van der Waals surface area contributed by atoms with Crippen molar-refractivity contribution in [1.82, 2.24) is 9.78 Å². The molecule has 0 saturated heterocycles. The van der Waals surface area contributed by atoms with Gasteiger partial charge in [-0.05, 0) is 29.3 Å². The molecule has 0 radical (unpaired) electrons. The van der Waals surface area contributed by atoms with Gasteiger partial charge in [0.2, 0.25) is 0 Å².